The van der Waals surface area contributed by atoms with E-state index in [2.05, 4.69) is 56.7 Å². The van der Waals surface area contributed by atoms with E-state index in [0.717, 1.165) is 26.9 Å². The van der Waals surface area contributed by atoms with Crippen LogP contribution in [-0.2, 0) is 0 Å². The lowest BCUT2D eigenvalue weighted by molar-refractivity contribution is 0.411. The van der Waals surface area contributed by atoms with Gasteiger partial charge in [0.25, 0.3) is 0 Å². The Morgan fingerprint density at radius 2 is 1.95 bits per heavy atom. The second-order valence-electron chi connectivity index (χ2n) is 4.26. The fourth-order valence-corrected chi connectivity index (χ4v) is 3.39. The van der Waals surface area contributed by atoms with E-state index in [1.165, 1.54) is 3.57 Å². The molecule has 0 spiro atoms. The molecule has 0 aromatic heterocycles. The standard InChI is InChI=1S/C15H13BrClIO/c1-9-7-10(3-6-14(9)19-2)15(17)12-8-11(18)4-5-13(12)16/h3-8,15H,1-2H3. The smallest absolute Gasteiger partial charge is 0.121 e. The average molecular weight is 452 g/mol. The summed E-state index contributed by atoms with van der Waals surface area (Å²) in [4.78, 5) is 0. The van der Waals surface area contributed by atoms with Gasteiger partial charge in [-0.15, -0.1) is 11.6 Å². The predicted octanol–water partition coefficient (Wildman–Crippen LogP) is 5.70. The molecule has 0 radical (unpaired) electrons. The van der Waals surface area contributed by atoms with Crippen molar-refractivity contribution >= 4 is 50.1 Å². The van der Waals surface area contributed by atoms with Crippen LogP contribution in [0.4, 0.5) is 0 Å². The molecule has 0 saturated carbocycles. The summed E-state index contributed by atoms with van der Waals surface area (Å²) in [6.07, 6.45) is 0. The van der Waals surface area contributed by atoms with Crippen molar-refractivity contribution < 1.29 is 4.74 Å². The molecule has 19 heavy (non-hydrogen) atoms. The molecule has 0 fully saturated rings. The lowest BCUT2D eigenvalue weighted by Crippen LogP contribution is -1.97. The van der Waals surface area contributed by atoms with Gasteiger partial charge in [-0.3, -0.25) is 0 Å². The summed E-state index contributed by atoms with van der Waals surface area (Å²) in [6.45, 7) is 2.02. The highest BCUT2D eigenvalue weighted by Crippen LogP contribution is 2.36. The minimum absolute atomic E-state index is 0.173. The van der Waals surface area contributed by atoms with Crippen molar-refractivity contribution in [2.24, 2.45) is 0 Å². The Labute approximate surface area is 140 Å². The van der Waals surface area contributed by atoms with E-state index in [4.69, 9.17) is 16.3 Å². The number of aryl methyl sites for hydroxylation is 1. The van der Waals surface area contributed by atoms with Gasteiger partial charge in [0.05, 0.1) is 12.5 Å². The molecule has 1 unspecified atom stereocenters. The molecule has 0 heterocycles. The normalized spacial score (nSPS) is 12.3. The second-order valence-corrected chi connectivity index (χ2v) is 6.79. The van der Waals surface area contributed by atoms with E-state index >= 15 is 0 Å². The van der Waals surface area contributed by atoms with Crippen LogP contribution in [0.2, 0.25) is 0 Å². The minimum Gasteiger partial charge on any atom is -0.496 e. The van der Waals surface area contributed by atoms with Crippen LogP contribution in [0.5, 0.6) is 5.75 Å². The van der Waals surface area contributed by atoms with Gasteiger partial charge < -0.3 is 4.74 Å². The van der Waals surface area contributed by atoms with Gasteiger partial charge in [-0.05, 0) is 70.5 Å². The Hall–Kier alpha value is -0.260. The molecule has 0 aliphatic heterocycles. The Morgan fingerprint density at radius 1 is 1.21 bits per heavy atom. The molecule has 100 valence electrons. The maximum atomic E-state index is 6.60. The number of hydrogen-bond donors (Lipinski definition) is 0. The van der Waals surface area contributed by atoms with E-state index in [9.17, 15) is 0 Å². The zero-order valence-corrected chi connectivity index (χ0v) is 15.1. The van der Waals surface area contributed by atoms with Gasteiger partial charge in [0.1, 0.15) is 5.75 Å². The van der Waals surface area contributed by atoms with Crippen molar-refractivity contribution in [3.8, 4) is 5.75 Å². The molecule has 1 atom stereocenters. The second kappa shape index (κ2) is 6.46. The van der Waals surface area contributed by atoms with Gasteiger partial charge in [-0.1, -0.05) is 28.1 Å². The first-order chi connectivity index (χ1) is 9.02. The molecule has 0 saturated heterocycles. The molecule has 2 aromatic carbocycles. The zero-order valence-electron chi connectivity index (χ0n) is 10.6. The summed E-state index contributed by atoms with van der Waals surface area (Å²) in [6, 6.07) is 12.2. The predicted molar refractivity (Wildman–Crippen MR) is 92.3 cm³/mol. The van der Waals surface area contributed by atoms with Crippen molar-refractivity contribution in [3.05, 3.63) is 61.1 Å². The number of alkyl halides is 1. The van der Waals surface area contributed by atoms with Crippen molar-refractivity contribution in [1.82, 2.24) is 0 Å². The summed E-state index contributed by atoms with van der Waals surface area (Å²) in [7, 11) is 1.68. The summed E-state index contributed by atoms with van der Waals surface area (Å²) >= 11 is 12.5. The first kappa shape index (κ1) is 15.1. The SMILES string of the molecule is COc1ccc(C(Cl)c2cc(I)ccc2Br)cc1C. The van der Waals surface area contributed by atoms with Gasteiger partial charge in [0.15, 0.2) is 0 Å². The highest BCUT2D eigenvalue weighted by Gasteiger charge is 2.15. The molecular formula is C15H13BrClIO. The van der Waals surface area contributed by atoms with Gasteiger partial charge in [0.2, 0.25) is 0 Å². The molecule has 0 aliphatic rings. The monoisotopic (exact) mass is 450 g/mol. The van der Waals surface area contributed by atoms with Gasteiger partial charge >= 0.3 is 0 Å². The molecular weight excluding hydrogens is 438 g/mol. The van der Waals surface area contributed by atoms with Crippen molar-refractivity contribution in [1.29, 1.82) is 0 Å². The molecule has 2 rings (SSSR count). The number of rotatable bonds is 3. The highest BCUT2D eigenvalue weighted by atomic mass is 127. The number of benzene rings is 2. The van der Waals surface area contributed by atoms with Crippen LogP contribution < -0.4 is 4.74 Å². The summed E-state index contributed by atoms with van der Waals surface area (Å²) in [5.74, 6) is 0.884. The Bertz CT molecular complexity index is 601. The van der Waals surface area contributed by atoms with Crippen LogP contribution >= 0.6 is 50.1 Å². The van der Waals surface area contributed by atoms with Crippen molar-refractivity contribution in [3.63, 3.8) is 0 Å². The number of halogens is 3. The lowest BCUT2D eigenvalue weighted by atomic mass is 10.0. The third-order valence-electron chi connectivity index (χ3n) is 2.94. The first-order valence-electron chi connectivity index (χ1n) is 5.76. The van der Waals surface area contributed by atoms with Crippen LogP contribution in [0.25, 0.3) is 0 Å². The maximum absolute atomic E-state index is 6.60. The molecule has 2 aromatic rings. The summed E-state index contributed by atoms with van der Waals surface area (Å²) in [5, 5.41) is -0.173. The van der Waals surface area contributed by atoms with E-state index in [0.29, 0.717) is 0 Å². The molecule has 0 amide bonds. The van der Waals surface area contributed by atoms with E-state index in [-0.39, 0.29) is 5.38 Å². The van der Waals surface area contributed by atoms with Crippen LogP contribution in [0.1, 0.15) is 22.1 Å². The molecule has 0 N–H and O–H groups in total. The van der Waals surface area contributed by atoms with E-state index in [1.54, 1.807) is 7.11 Å². The Kier molecular flexibility index (Phi) is 5.15. The third kappa shape index (κ3) is 3.44. The fourth-order valence-electron chi connectivity index (χ4n) is 1.95. The van der Waals surface area contributed by atoms with Gasteiger partial charge in [-0.2, -0.15) is 0 Å². The third-order valence-corrected chi connectivity index (χ3v) is 4.82. The Balaban J connectivity index is 2.41. The first-order valence-corrected chi connectivity index (χ1v) is 8.07. The van der Waals surface area contributed by atoms with E-state index in [1.807, 2.05) is 25.1 Å². The number of hydrogen-bond acceptors (Lipinski definition) is 1. The molecule has 0 bridgehead atoms. The van der Waals surface area contributed by atoms with Gasteiger partial charge in [-0.25, -0.2) is 0 Å². The maximum Gasteiger partial charge on any atom is 0.121 e. The molecule has 0 aliphatic carbocycles. The van der Waals surface area contributed by atoms with E-state index < -0.39 is 0 Å². The largest absolute Gasteiger partial charge is 0.496 e. The van der Waals surface area contributed by atoms with Crippen molar-refractivity contribution in [2.45, 2.75) is 12.3 Å². The Morgan fingerprint density at radius 3 is 2.58 bits per heavy atom. The fraction of sp³-hybridized carbons (Fsp3) is 0.200. The van der Waals surface area contributed by atoms with Crippen LogP contribution in [0.15, 0.2) is 40.9 Å². The quantitative estimate of drug-likeness (QED) is 0.430. The zero-order chi connectivity index (χ0) is 14.0. The van der Waals surface area contributed by atoms with Crippen molar-refractivity contribution in [2.75, 3.05) is 7.11 Å². The lowest BCUT2D eigenvalue weighted by Gasteiger charge is -2.15. The number of methoxy groups -OCH3 is 1. The molecule has 1 nitrogen and oxygen atoms in total. The summed E-state index contributed by atoms with van der Waals surface area (Å²) < 4.78 is 7.48. The topological polar surface area (TPSA) is 9.23 Å². The highest BCUT2D eigenvalue weighted by molar-refractivity contribution is 14.1. The van der Waals surface area contributed by atoms with Gasteiger partial charge in [0, 0.05) is 8.04 Å². The number of ether oxygens (including phenoxy) is 1. The summed E-state index contributed by atoms with van der Waals surface area (Å²) in [5.41, 5.74) is 3.24. The molecule has 4 heteroatoms. The van der Waals surface area contributed by atoms with Crippen LogP contribution in [-0.4, -0.2) is 7.11 Å². The minimum atomic E-state index is -0.173. The van der Waals surface area contributed by atoms with Crippen LogP contribution in [0.3, 0.4) is 0 Å². The van der Waals surface area contributed by atoms with Crippen LogP contribution in [0, 0.1) is 10.5 Å². The average Bonchev–Trinajstić information content (AvgIpc) is 2.40.